The molecule has 0 saturated heterocycles. The van der Waals surface area contributed by atoms with E-state index in [0.29, 0.717) is 0 Å². The number of fused-ring (bicyclic) bond motifs is 1. The van der Waals surface area contributed by atoms with Gasteiger partial charge in [0.25, 0.3) is 0 Å². The predicted molar refractivity (Wildman–Crippen MR) is 134 cm³/mol. The smallest absolute Gasteiger partial charge is 0.0346 e. The van der Waals surface area contributed by atoms with Gasteiger partial charge in [0.1, 0.15) is 0 Å². The molecule has 0 aromatic heterocycles. The Balaban J connectivity index is 0.000000212. The first kappa shape index (κ1) is 23.3. The first-order valence-corrected chi connectivity index (χ1v) is 11.8. The number of nitrogen functional groups attached to an aromatic ring is 1. The maximum Gasteiger partial charge on any atom is 0.0346 e. The number of anilines is 1. The lowest BCUT2D eigenvalue weighted by Crippen LogP contribution is -1.97. The minimum Gasteiger partial charge on any atom is -0.399 e. The maximum atomic E-state index is 5.80. The van der Waals surface area contributed by atoms with Crippen molar-refractivity contribution in [2.45, 2.75) is 66.2 Å². The molecule has 0 atom stereocenters. The van der Waals surface area contributed by atoms with E-state index < -0.39 is 0 Å². The summed E-state index contributed by atoms with van der Waals surface area (Å²) < 4.78 is 0. The first-order chi connectivity index (χ1) is 13.7. The molecule has 29 heavy (non-hydrogen) atoms. The molecule has 0 fully saturated rings. The van der Waals surface area contributed by atoms with Gasteiger partial charge in [0, 0.05) is 10.6 Å². The van der Waals surface area contributed by atoms with Crippen LogP contribution in [0, 0.1) is 20.8 Å². The highest BCUT2D eigenvalue weighted by atomic mass is 32.2. The summed E-state index contributed by atoms with van der Waals surface area (Å²) in [6.07, 6.45) is 9.67. The van der Waals surface area contributed by atoms with Crippen LogP contribution in [0.5, 0.6) is 0 Å². The maximum absolute atomic E-state index is 5.80. The van der Waals surface area contributed by atoms with E-state index >= 15 is 0 Å². The zero-order valence-corrected chi connectivity index (χ0v) is 19.8. The van der Waals surface area contributed by atoms with Crippen molar-refractivity contribution in [1.82, 2.24) is 0 Å². The number of rotatable bonds is 4. The molecule has 3 rings (SSSR count). The van der Waals surface area contributed by atoms with Crippen molar-refractivity contribution in [3.05, 3.63) is 81.9 Å². The van der Waals surface area contributed by atoms with Gasteiger partial charge in [0.15, 0.2) is 0 Å². The van der Waals surface area contributed by atoms with Gasteiger partial charge in [-0.3, -0.25) is 0 Å². The monoisotopic (exact) mass is 407 g/mol. The summed E-state index contributed by atoms with van der Waals surface area (Å²) >= 11 is 1.75. The van der Waals surface area contributed by atoms with Crippen LogP contribution in [0.4, 0.5) is 5.69 Å². The van der Waals surface area contributed by atoms with Crippen LogP contribution in [-0.2, 0) is 19.3 Å². The Hall–Kier alpha value is -1.93. The van der Waals surface area contributed by atoms with E-state index in [-0.39, 0.29) is 0 Å². The summed E-state index contributed by atoms with van der Waals surface area (Å²) in [5.74, 6) is 0. The molecule has 156 valence electrons. The zero-order valence-electron chi connectivity index (χ0n) is 19.0. The highest BCUT2D eigenvalue weighted by Crippen LogP contribution is 2.30. The highest BCUT2D eigenvalue weighted by molar-refractivity contribution is 8.07. The number of hydrogen-bond acceptors (Lipinski definition) is 2. The van der Waals surface area contributed by atoms with Crippen molar-refractivity contribution in [1.29, 1.82) is 0 Å². The topological polar surface area (TPSA) is 26.0 Å². The lowest BCUT2D eigenvalue weighted by molar-refractivity contribution is 0.711. The third-order valence-corrected chi connectivity index (χ3v) is 6.45. The van der Waals surface area contributed by atoms with E-state index in [1.807, 2.05) is 19.9 Å². The largest absolute Gasteiger partial charge is 0.399 e. The third-order valence-electron chi connectivity index (χ3n) is 5.72. The lowest BCUT2D eigenvalue weighted by atomic mass is 9.95. The van der Waals surface area contributed by atoms with Crippen molar-refractivity contribution in [2.24, 2.45) is 0 Å². The zero-order chi connectivity index (χ0) is 21.6. The molecule has 0 aliphatic heterocycles. The Morgan fingerprint density at radius 2 is 1.62 bits per heavy atom. The molecule has 0 unspecified atom stereocenters. The van der Waals surface area contributed by atoms with Crippen LogP contribution in [-0.4, -0.2) is 6.26 Å². The fraction of sp³-hybridized carbons (Fsp3) is 0.407. The van der Waals surface area contributed by atoms with Crippen LogP contribution >= 0.6 is 11.8 Å². The molecule has 0 heterocycles. The van der Waals surface area contributed by atoms with Crippen molar-refractivity contribution >= 4 is 22.4 Å². The summed E-state index contributed by atoms with van der Waals surface area (Å²) in [5, 5.41) is 0. The molecule has 1 aliphatic carbocycles. The molecule has 2 heteroatoms. The standard InChI is InChI=1S/C15H20S.C12H17N/c1-11-9-14(12(2)16-3)10-13-7-5-4-6-8-15(11)13;1-8(2)5-11-6-10(4)12(13)7-9(11)3/h9-10H,2,4-8H2,1,3H3;6-7H,1,5,13H2,2-4H3. The average Bonchev–Trinajstić information content (AvgIpc) is 2.91. The SMILES string of the molecule is C=C(C)Cc1cc(C)c(N)cc1C.C=C(SC)c1cc(C)c2c(c1)CCCCC2. The van der Waals surface area contributed by atoms with Crippen LogP contribution in [0.25, 0.3) is 4.91 Å². The van der Waals surface area contributed by atoms with Gasteiger partial charge in [-0.2, -0.15) is 0 Å². The van der Waals surface area contributed by atoms with E-state index in [1.165, 1.54) is 64.8 Å². The van der Waals surface area contributed by atoms with E-state index in [4.69, 9.17) is 5.73 Å². The van der Waals surface area contributed by atoms with Gasteiger partial charge < -0.3 is 5.73 Å². The van der Waals surface area contributed by atoms with Gasteiger partial charge in [0.2, 0.25) is 0 Å². The second-order valence-corrected chi connectivity index (χ2v) is 9.29. The van der Waals surface area contributed by atoms with Crippen LogP contribution in [0.2, 0.25) is 0 Å². The van der Waals surface area contributed by atoms with Gasteiger partial charge in [-0.15, -0.1) is 11.8 Å². The Morgan fingerprint density at radius 3 is 2.28 bits per heavy atom. The number of hydrogen-bond donors (Lipinski definition) is 1. The Morgan fingerprint density at radius 1 is 0.931 bits per heavy atom. The van der Waals surface area contributed by atoms with Gasteiger partial charge in [-0.25, -0.2) is 0 Å². The van der Waals surface area contributed by atoms with Crippen molar-refractivity contribution in [3.8, 4) is 0 Å². The molecule has 0 spiro atoms. The third kappa shape index (κ3) is 6.54. The molecule has 0 saturated carbocycles. The summed E-state index contributed by atoms with van der Waals surface area (Å²) in [4.78, 5) is 1.19. The van der Waals surface area contributed by atoms with Crippen LogP contribution in [0.15, 0.2) is 43.0 Å². The Bertz CT molecular complexity index is 892. The Kier molecular flexibility index (Phi) is 8.64. The highest BCUT2D eigenvalue weighted by Gasteiger charge is 2.12. The van der Waals surface area contributed by atoms with Gasteiger partial charge in [-0.05, 0) is 111 Å². The molecule has 2 aromatic carbocycles. The molecule has 1 aliphatic rings. The number of allylic oxidation sites excluding steroid dienone is 1. The number of nitrogens with two attached hydrogens (primary N) is 1. The second-order valence-electron chi connectivity index (χ2n) is 8.39. The van der Waals surface area contributed by atoms with E-state index in [9.17, 15) is 0 Å². The fourth-order valence-electron chi connectivity index (χ4n) is 3.96. The first-order valence-electron chi connectivity index (χ1n) is 10.6. The molecular weight excluding hydrogens is 370 g/mol. The second kappa shape index (κ2) is 10.7. The summed E-state index contributed by atoms with van der Waals surface area (Å²) in [5.41, 5.74) is 17.6. The van der Waals surface area contributed by atoms with E-state index in [0.717, 1.165) is 17.7 Å². The molecule has 0 bridgehead atoms. The quantitative estimate of drug-likeness (QED) is 0.321. The van der Waals surface area contributed by atoms with Gasteiger partial charge >= 0.3 is 0 Å². The number of thioether (sulfide) groups is 1. The molecular formula is C27H37NS. The van der Waals surface area contributed by atoms with Crippen molar-refractivity contribution in [2.75, 3.05) is 12.0 Å². The number of aryl methyl sites for hydroxylation is 4. The molecule has 2 N–H and O–H groups in total. The van der Waals surface area contributed by atoms with Crippen LogP contribution in [0.3, 0.4) is 0 Å². The Labute approximate surface area is 182 Å². The van der Waals surface area contributed by atoms with Gasteiger partial charge in [-0.1, -0.05) is 43.4 Å². The normalized spacial score (nSPS) is 13.0. The van der Waals surface area contributed by atoms with E-state index in [2.05, 4.69) is 51.5 Å². The predicted octanol–water partition coefficient (Wildman–Crippen LogP) is 7.60. The lowest BCUT2D eigenvalue weighted by Gasteiger charge is -2.13. The minimum atomic E-state index is 0.878. The van der Waals surface area contributed by atoms with Gasteiger partial charge in [0.05, 0.1) is 0 Å². The van der Waals surface area contributed by atoms with Crippen LogP contribution < -0.4 is 5.73 Å². The van der Waals surface area contributed by atoms with Crippen LogP contribution in [0.1, 0.15) is 65.1 Å². The summed E-state index contributed by atoms with van der Waals surface area (Å²) in [7, 11) is 0. The van der Waals surface area contributed by atoms with Crippen molar-refractivity contribution < 1.29 is 0 Å². The molecule has 2 aromatic rings. The minimum absolute atomic E-state index is 0.878. The fourth-order valence-corrected chi connectivity index (χ4v) is 4.31. The average molecular weight is 408 g/mol. The molecule has 1 nitrogen and oxygen atoms in total. The summed E-state index contributed by atoms with van der Waals surface area (Å²) in [6.45, 7) is 16.5. The van der Waals surface area contributed by atoms with E-state index in [1.54, 1.807) is 22.9 Å². The number of benzene rings is 2. The molecule has 0 radical (unpaired) electrons. The summed E-state index contributed by atoms with van der Waals surface area (Å²) in [6, 6.07) is 8.86. The molecule has 0 amide bonds. The van der Waals surface area contributed by atoms with Crippen molar-refractivity contribution in [3.63, 3.8) is 0 Å².